The van der Waals surface area contributed by atoms with Crippen molar-refractivity contribution in [3.63, 3.8) is 0 Å². The first-order valence-electron chi connectivity index (χ1n) is 7.14. The average Bonchev–Trinajstić information content (AvgIpc) is 2.91. The fourth-order valence-corrected chi connectivity index (χ4v) is 3.15. The van der Waals surface area contributed by atoms with Crippen LogP contribution in [-0.4, -0.2) is 40.8 Å². The van der Waals surface area contributed by atoms with Crippen LogP contribution in [0, 0.1) is 0 Å². The van der Waals surface area contributed by atoms with Crippen molar-refractivity contribution >= 4 is 44.9 Å². The SMILES string of the molecule is CCOC(=O)c1csc2nc(Cl)nc(NCCCCCO)c12. The van der Waals surface area contributed by atoms with Crippen LogP contribution in [-0.2, 0) is 4.74 Å². The monoisotopic (exact) mass is 343 g/mol. The van der Waals surface area contributed by atoms with Gasteiger partial charge >= 0.3 is 5.97 Å². The van der Waals surface area contributed by atoms with Gasteiger partial charge in [-0.2, -0.15) is 0 Å². The molecular formula is C14H18ClN3O3S. The number of aromatic nitrogens is 2. The third kappa shape index (κ3) is 4.06. The number of anilines is 1. The topological polar surface area (TPSA) is 84.3 Å². The van der Waals surface area contributed by atoms with E-state index in [-0.39, 0.29) is 17.9 Å². The minimum atomic E-state index is -0.386. The van der Waals surface area contributed by atoms with Crippen LogP contribution in [0.5, 0.6) is 0 Å². The molecule has 2 aromatic heterocycles. The Balaban J connectivity index is 2.23. The Morgan fingerprint density at radius 3 is 2.95 bits per heavy atom. The second-order valence-electron chi connectivity index (χ2n) is 4.60. The third-order valence-corrected chi connectivity index (χ3v) is 4.07. The number of aliphatic hydroxyl groups is 1. The van der Waals surface area contributed by atoms with Gasteiger partial charge in [0.1, 0.15) is 10.6 Å². The quantitative estimate of drug-likeness (QED) is 0.435. The lowest BCUT2D eigenvalue weighted by Crippen LogP contribution is -2.08. The number of unbranched alkanes of at least 4 members (excludes halogenated alkanes) is 2. The maximum absolute atomic E-state index is 12.0. The van der Waals surface area contributed by atoms with Gasteiger partial charge in [-0.3, -0.25) is 0 Å². The first-order chi connectivity index (χ1) is 10.7. The zero-order chi connectivity index (χ0) is 15.9. The molecule has 0 spiro atoms. The molecule has 8 heteroatoms. The minimum absolute atomic E-state index is 0.141. The highest BCUT2D eigenvalue weighted by molar-refractivity contribution is 7.17. The van der Waals surface area contributed by atoms with Crippen LogP contribution in [0.2, 0.25) is 5.28 Å². The van der Waals surface area contributed by atoms with E-state index in [1.165, 1.54) is 11.3 Å². The number of halogens is 1. The number of esters is 1. The molecule has 6 nitrogen and oxygen atoms in total. The lowest BCUT2D eigenvalue weighted by Gasteiger charge is -2.08. The average molecular weight is 344 g/mol. The molecule has 0 atom stereocenters. The number of carbonyl (C=O) groups is 1. The van der Waals surface area contributed by atoms with Gasteiger partial charge in [-0.25, -0.2) is 14.8 Å². The predicted octanol–water partition coefficient (Wildman–Crippen LogP) is 3.10. The van der Waals surface area contributed by atoms with Gasteiger partial charge in [0, 0.05) is 18.5 Å². The molecule has 0 bridgehead atoms. The summed E-state index contributed by atoms with van der Waals surface area (Å²) in [5.41, 5.74) is 0.455. The molecule has 0 unspecified atom stereocenters. The van der Waals surface area contributed by atoms with Gasteiger partial charge < -0.3 is 15.2 Å². The highest BCUT2D eigenvalue weighted by Gasteiger charge is 2.19. The summed E-state index contributed by atoms with van der Waals surface area (Å²) < 4.78 is 5.06. The van der Waals surface area contributed by atoms with Crippen molar-refractivity contribution in [1.29, 1.82) is 0 Å². The highest BCUT2D eigenvalue weighted by atomic mass is 35.5. The van der Waals surface area contributed by atoms with Gasteiger partial charge in [-0.15, -0.1) is 11.3 Å². The molecule has 120 valence electrons. The van der Waals surface area contributed by atoms with E-state index >= 15 is 0 Å². The largest absolute Gasteiger partial charge is 0.462 e. The van der Waals surface area contributed by atoms with Gasteiger partial charge in [0.25, 0.3) is 0 Å². The number of nitrogens with zero attached hydrogens (tertiary/aromatic N) is 2. The molecule has 0 fully saturated rings. The highest BCUT2D eigenvalue weighted by Crippen LogP contribution is 2.31. The van der Waals surface area contributed by atoms with Crippen molar-refractivity contribution < 1.29 is 14.6 Å². The van der Waals surface area contributed by atoms with Gasteiger partial charge in [-0.1, -0.05) is 0 Å². The van der Waals surface area contributed by atoms with Crippen molar-refractivity contribution in [3.05, 3.63) is 16.2 Å². The lowest BCUT2D eigenvalue weighted by atomic mass is 10.2. The molecule has 0 radical (unpaired) electrons. The summed E-state index contributed by atoms with van der Waals surface area (Å²) in [5, 5.41) is 14.5. The number of fused-ring (bicyclic) bond motifs is 1. The van der Waals surface area contributed by atoms with Gasteiger partial charge in [0.2, 0.25) is 5.28 Å². The number of hydrogen-bond donors (Lipinski definition) is 2. The van der Waals surface area contributed by atoms with Gasteiger partial charge in [0.05, 0.1) is 17.6 Å². The molecule has 0 aliphatic rings. The summed E-state index contributed by atoms with van der Waals surface area (Å²) in [6.07, 6.45) is 2.58. The number of carbonyl (C=O) groups excluding carboxylic acids is 1. The summed E-state index contributed by atoms with van der Waals surface area (Å²) in [7, 11) is 0. The molecule has 2 heterocycles. The maximum Gasteiger partial charge on any atom is 0.339 e. The molecule has 0 aliphatic heterocycles. The van der Waals surface area contributed by atoms with Crippen molar-refractivity contribution in [2.75, 3.05) is 25.1 Å². The van der Waals surface area contributed by atoms with Crippen molar-refractivity contribution in [2.24, 2.45) is 0 Å². The second-order valence-corrected chi connectivity index (χ2v) is 5.80. The summed E-state index contributed by atoms with van der Waals surface area (Å²) in [6, 6.07) is 0. The van der Waals surface area contributed by atoms with E-state index in [1.807, 2.05) is 0 Å². The second kappa shape index (κ2) is 8.26. The number of rotatable bonds is 8. The standard InChI is InChI=1S/C14H18ClN3O3S/c1-2-21-13(20)9-8-22-12-10(9)11(17-14(15)18-12)16-6-4-3-5-7-19/h8,19H,2-7H2,1H3,(H,16,17,18). The van der Waals surface area contributed by atoms with E-state index in [0.29, 0.717) is 34.7 Å². The Hall–Kier alpha value is -1.44. The van der Waals surface area contributed by atoms with E-state index in [0.717, 1.165) is 19.3 Å². The molecule has 0 aromatic carbocycles. The Labute approximate surface area is 137 Å². The van der Waals surface area contributed by atoms with Crippen LogP contribution in [0.1, 0.15) is 36.5 Å². The number of ether oxygens (including phenoxy) is 1. The Morgan fingerprint density at radius 1 is 1.41 bits per heavy atom. The molecular weight excluding hydrogens is 326 g/mol. The fraction of sp³-hybridized carbons (Fsp3) is 0.500. The fourth-order valence-electron chi connectivity index (χ4n) is 2.02. The van der Waals surface area contributed by atoms with Crippen LogP contribution < -0.4 is 5.32 Å². The summed E-state index contributed by atoms with van der Waals surface area (Å²) in [4.78, 5) is 21.0. The molecule has 0 saturated heterocycles. The zero-order valence-corrected chi connectivity index (χ0v) is 13.8. The number of thiophene rings is 1. The van der Waals surface area contributed by atoms with Crippen molar-refractivity contribution in [1.82, 2.24) is 9.97 Å². The van der Waals surface area contributed by atoms with E-state index in [2.05, 4.69) is 15.3 Å². The third-order valence-electron chi connectivity index (χ3n) is 3.03. The van der Waals surface area contributed by atoms with Gasteiger partial charge in [0.15, 0.2) is 0 Å². The van der Waals surface area contributed by atoms with Crippen LogP contribution >= 0.6 is 22.9 Å². The molecule has 2 N–H and O–H groups in total. The Bertz CT molecular complexity index is 648. The lowest BCUT2D eigenvalue weighted by molar-refractivity contribution is 0.0529. The maximum atomic E-state index is 12.0. The molecule has 0 amide bonds. The predicted molar refractivity (Wildman–Crippen MR) is 87.8 cm³/mol. The normalized spacial score (nSPS) is 10.9. The van der Waals surface area contributed by atoms with Crippen molar-refractivity contribution in [2.45, 2.75) is 26.2 Å². The van der Waals surface area contributed by atoms with Crippen LogP contribution in [0.15, 0.2) is 5.38 Å². The summed E-state index contributed by atoms with van der Waals surface area (Å²) >= 11 is 7.27. The summed E-state index contributed by atoms with van der Waals surface area (Å²) in [6.45, 7) is 2.95. The van der Waals surface area contributed by atoms with E-state index in [9.17, 15) is 4.79 Å². The molecule has 2 aromatic rings. The van der Waals surface area contributed by atoms with Crippen LogP contribution in [0.3, 0.4) is 0 Å². The Kier molecular flexibility index (Phi) is 6.35. The molecule has 22 heavy (non-hydrogen) atoms. The number of aliphatic hydroxyl groups excluding tert-OH is 1. The Morgan fingerprint density at radius 2 is 2.23 bits per heavy atom. The first kappa shape index (κ1) is 16.9. The minimum Gasteiger partial charge on any atom is -0.462 e. The van der Waals surface area contributed by atoms with Gasteiger partial charge in [-0.05, 0) is 37.8 Å². The van der Waals surface area contributed by atoms with E-state index in [1.54, 1.807) is 12.3 Å². The van der Waals surface area contributed by atoms with Crippen LogP contribution in [0.25, 0.3) is 10.2 Å². The van der Waals surface area contributed by atoms with Crippen LogP contribution in [0.4, 0.5) is 5.82 Å². The zero-order valence-electron chi connectivity index (χ0n) is 12.3. The summed E-state index contributed by atoms with van der Waals surface area (Å²) in [5.74, 6) is 0.159. The number of hydrogen-bond acceptors (Lipinski definition) is 7. The molecule has 0 aliphatic carbocycles. The molecule has 2 rings (SSSR count). The van der Waals surface area contributed by atoms with Crippen molar-refractivity contribution in [3.8, 4) is 0 Å². The first-order valence-corrected chi connectivity index (χ1v) is 8.39. The van der Waals surface area contributed by atoms with E-state index < -0.39 is 0 Å². The smallest absolute Gasteiger partial charge is 0.339 e. The number of nitrogens with one attached hydrogen (secondary N) is 1. The molecule has 0 saturated carbocycles. The van der Waals surface area contributed by atoms with E-state index in [4.69, 9.17) is 21.4 Å².